The van der Waals surface area contributed by atoms with E-state index in [0.717, 1.165) is 6.20 Å². The fraction of sp³-hybridized carbons (Fsp3) is 0.600. The van der Waals surface area contributed by atoms with Gasteiger partial charge >= 0.3 is 13.3 Å². The number of nitrogens with one attached hydrogen (secondary N) is 1. The van der Waals surface area contributed by atoms with Crippen LogP contribution in [0.4, 0.5) is 0 Å². The van der Waals surface area contributed by atoms with Gasteiger partial charge in [-0.2, -0.15) is 0 Å². The van der Waals surface area contributed by atoms with Crippen molar-refractivity contribution in [3.05, 3.63) is 43.0 Å². The molecule has 24 heavy (non-hydrogen) atoms. The number of ether oxygens (including phenoxy) is 1. The highest BCUT2D eigenvalue weighted by molar-refractivity contribution is 7.52. The summed E-state index contributed by atoms with van der Waals surface area (Å²) in [4.78, 5) is 45.9. The average Bonchev–Trinajstić information content (AvgIpc) is 2.79. The molecule has 1 aromatic heterocycles. The summed E-state index contributed by atoms with van der Waals surface area (Å²) in [5.74, 6) is -4.61. The second kappa shape index (κ2) is 6.15. The Kier molecular flexibility index (Phi) is 4.70. The van der Waals surface area contributed by atoms with Crippen molar-refractivity contribution in [1.82, 2.24) is 9.55 Å². The molecule has 1 aliphatic heterocycles. The maximum atomic E-state index is 12.0. The van der Waals surface area contributed by atoms with Crippen LogP contribution in [-0.2, 0) is 15.2 Å². The van der Waals surface area contributed by atoms with E-state index >= 15 is 0 Å². The van der Waals surface area contributed by atoms with Crippen LogP contribution in [0.25, 0.3) is 10.4 Å². The minimum absolute atomic E-state index is 0.0548. The van der Waals surface area contributed by atoms with E-state index in [1.54, 1.807) is 0 Å². The third-order valence-electron chi connectivity index (χ3n) is 3.52. The van der Waals surface area contributed by atoms with E-state index in [9.17, 15) is 24.4 Å². The summed E-state index contributed by atoms with van der Waals surface area (Å²) in [5, 5.41) is 22.9. The molecule has 0 radical (unpaired) electrons. The van der Waals surface area contributed by atoms with E-state index in [1.807, 2.05) is 4.98 Å². The molecule has 2 rings (SSSR count). The second-order valence-corrected chi connectivity index (χ2v) is 6.94. The molecule has 1 saturated heterocycles. The molecule has 1 aliphatic rings. The van der Waals surface area contributed by atoms with Gasteiger partial charge in [-0.05, 0) is 17.6 Å². The molecule has 0 spiro atoms. The van der Waals surface area contributed by atoms with Crippen LogP contribution in [-0.4, -0.2) is 47.6 Å². The zero-order valence-corrected chi connectivity index (χ0v) is 13.1. The van der Waals surface area contributed by atoms with Crippen molar-refractivity contribution in [3.63, 3.8) is 0 Å². The lowest BCUT2D eigenvalue weighted by Gasteiger charge is -2.27. The molecule has 0 saturated carbocycles. The third kappa shape index (κ3) is 3.14. The molecule has 5 N–H and O–H groups in total. The van der Waals surface area contributed by atoms with E-state index in [0.29, 0.717) is 4.57 Å². The Labute approximate surface area is 132 Å². The van der Waals surface area contributed by atoms with Gasteiger partial charge in [0.2, 0.25) is 5.85 Å². The Hall–Kier alpha value is -1.98. The van der Waals surface area contributed by atoms with Crippen LogP contribution >= 0.6 is 7.60 Å². The maximum Gasteiger partial charge on any atom is 0.356 e. The van der Waals surface area contributed by atoms with E-state index in [4.69, 9.17) is 20.1 Å². The van der Waals surface area contributed by atoms with Crippen molar-refractivity contribution in [2.75, 3.05) is 0 Å². The number of aromatic amines is 1. The number of aliphatic hydroxyl groups excluding tert-OH is 2. The summed E-state index contributed by atoms with van der Waals surface area (Å²) in [7, 11) is -5.05. The number of hydrogen-bond acceptors (Lipinski definition) is 7. The van der Waals surface area contributed by atoms with Gasteiger partial charge in [-0.25, -0.2) is 4.79 Å². The number of aromatic nitrogens is 2. The lowest BCUT2D eigenvalue weighted by Crippen LogP contribution is -2.44. The molecule has 13 nitrogen and oxygen atoms in total. The molecule has 0 aromatic carbocycles. The van der Waals surface area contributed by atoms with Gasteiger partial charge in [0.1, 0.15) is 6.10 Å². The molecule has 0 amide bonds. The number of aliphatic hydroxyl groups is 2. The highest BCUT2D eigenvalue weighted by atomic mass is 31.2. The molecule has 132 valence electrons. The van der Waals surface area contributed by atoms with Gasteiger partial charge in [0.25, 0.3) is 5.56 Å². The number of hydrogen-bond donors (Lipinski definition) is 5. The Balaban J connectivity index is 2.58. The van der Waals surface area contributed by atoms with Gasteiger partial charge in [0.05, 0.1) is 6.10 Å². The quantitative estimate of drug-likeness (QED) is 0.182. The van der Waals surface area contributed by atoms with E-state index in [2.05, 4.69) is 10.0 Å². The first-order valence-electron chi connectivity index (χ1n) is 6.50. The fourth-order valence-electron chi connectivity index (χ4n) is 2.35. The van der Waals surface area contributed by atoms with Crippen molar-refractivity contribution in [3.8, 4) is 0 Å². The second-order valence-electron chi connectivity index (χ2n) is 5.23. The summed E-state index contributed by atoms with van der Waals surface area (Å²) >= 11 is 0. The van der Waals surface area contributed by atoms with E-state index in [-0.39, 0.29) is 5.56 Å². The van der Waals surface area contributed by atoms with Crippen LogP contribution < -0.4 is 11.2 Å². The number of nitrogens with zero attached hydrogens (tertiary/aromatic N) is 4. The Morgan fingerprint density at radius 1 is 1.58 bits per heavy atom. The number of azide groups is 1. The molecule has 2 heterocycles. The largest absolute Gasteiger partial charge is 0.390 e. The van der Waals surface area contributed by atoms with Crippen molar-refractivity contribution in [2.45, 2.75) is 37.2 Å². The van der Waals surface area contributed by atoms with Crippen LogP contribution in [0.1, 0.15) is 12.0 Å². The summed E-state index contributed by atoms with van der Waals surface area (Å²) in [6.45, 7) is 1.35. The first-order chi connectivity index (χ1) is 11.0. The van der Waals surface area contributed by atoms with Crippen molar-refractivity contribution < 1.29 is 29.3 Å². The summed E-state index contributed by atoms with van der Waals surface area (Å²) in [5.41, 5.74) is 7.06. The zero-order chi connectivity index (χ0) is 18.3. The lowest BCUT2D eigenvalue weighted by molar-refractivity contribution is -0.126. The van der Waals surface area contributed by atoms with Crippen LogP contribution in [0.5, 0.6) is 0 Å². The Morgan fingerprint density at radius 3 is 2.75 bits per heavy atom. The molecule has 1 unspecified atom stereocenters. The van der Waals surface area contributed by atoms with Crippen LogP contribution in [0.2, 0.25) is 0 Å². The Morgan fingerprint density at radius 2 is 2.21 bits per heavy atom. The number of H-pyrrole nitrogens is 1. The van der Waals surface area contributed by atoms with Gasteiger partial charge in [-0.3, -0.25) is 18.9 Å². The monoisotopic (exact) mass is 363 g/mol. The van der Waals surface area contributed by atoms with Gasteiger partial charge in [0.15, 0.2) is 5.85 Å². The van der Waals surface area contributed by atoms with Gasteiger partial charge in [-0.15, -0.1) is 0 Å². The molecule has 14 heteroatoms. The molecule has 0 bridgehead atoms. The van der Waals surface area contributed by atoms with Gasteiger partial charge in [-0.1, -0.05) is 0 Å². The minimum Gasteiger partial charge on any atom is -0.390 e. The normalized spacial score (nSPS) is 28.4. The molecular weight excluding hydrogens is 349 g/mol. The molecule has 1 fully saturated rings. The van der Waals surface area contributed by atoms with Crippen molar-refractivity contribution in [1.29, 1.82) is 0 Å². The lowest BCUT2D eigenvalue weighted by atomic mass is 10.1. The predicted octanol–water partition coefficient (Wildman–Crippen LogP) is -1.59. The Bertz CT molecular complexity index is 854. The first kappa shape index (κ1) is 18.4. The smallest absolute Gasteiger partial charge is 0.356 e. The highest BCUT2D eigenvalue weighted by Gasteiger charge is 2.53. The summed E-state index contributed by atoms with van der Waals surface area (Å²) in [6, 6.07) is 0. The topological polar surface area (TPSA) is 211 Å². The zero-order valence-electron chi connectivity index (χ0n) is 12.2. The summed E-state index contributed by atoms with van der Waals surface area (Å²) < 4.78 is 17.0. The maximum absolute atomic E-state index is 12.0. The van der Waals surface area contributed by atoms with Gasteiger partial charge in [0, 0.05) is 23.1 Å². The van der Waals surface area contributed by atoms with Crippen LogP contribution in [0, 0.1) is 6.92 Å². The molecular formula is C10H14N5O8P. The summed E-state index contributed by atoms with van der Waals surface area (Å²) in [6.07, 6.45) is -3.05. The minimum atomic E-state index is -5.05. The third-order valence-corrected chi connectivity index (χ3v) is 4.50. The van der Waals surface area contributed by atoms with E-state index in [1.165, 1.54) is 6.92 Å². The van der Waals surface area contributed by atoms with Crippen molar-refractivity contribution >= 4 is 7.60 Å². The predicted molar refractivity (Wildman–Crippen MR) is 76.7 cm³/mol. The average molecular weight is 363 g/mol. The molecule has 0 aliphatic carbocycles. The van der Waals surface area contributed by atoms with Gasteiger partial charge < -0.3 is 24.7 Å². The first-order valence-corrected chi connectivity index (χ1v) is 8.18. The van der Waals surface area contributed by atoms with Crippen molar-refractivity contribution in [2.24, 2.45) is 5.11 Å². The van der Waals surface area contributed by atoms with Crippen LogP contribution in [0.3, 0.4) is 0 Å². The standard InChI is InChI=1S/C10H14N5O8P/c1-4-3-15(9(19)12-7(4)17)10(13-14-11)2-5(16)6(23-10)8(18)24(20,21)22/h3,5-6,8,16,18H,2H2,1H3,(H,12,17,19)(H2,20,21,22)/t5-,6-,8?,10-/m0/s1. The van der Waals surface area contributed by atoms with E-state index < -0.39 is 49.2 Å². The highest BCUT2D eigenvalue weighted by Crippen LogP contribution is 2.48. The molecule has 1 aromatic rings. The fourth-order valence-corrected chi connectivity index (χ4v) is 2.99. The number of aryl methyl sites for hydroxylation is 1. The van der Waals surface area contributed by atoms with Crippen LogP contribution in [0.15, 0.2) is 20.9 Å². The molecule has 4 atom stereocenters. The number of rotatable bonds is 4. The SMILES string of the molecule is Cc1cn([C@@]2(N=[N+]=[N-])C[C@H](O)[C@@H](C(O)P(=O)(O)O)O2)c(=O)[nH]c1=O.